The molecule has 2 heteroatoms. The quantitative estimate of drug-likeness (QED) is 0.910. The molecule has 0 aromatic heterocycles. The molecule has 1 N–H and O–H groups in total. The van der Waals surface area contributed by atoms with Crippen molar-refractivity contribution in [3.05, 3.63) is 64.7 Å². The van der Waals surface area contributed by atoms with E-state index in [1.165, 1.54) is 33.6 Å². The lowest BCUT2D eigenvalue weighted by atomic mass is 9.97. The molecule has 0 aliphatic carbocycles. The van der Waals surface area contributed by atoms with E-state index in [-0.39, 0.29) is 0 Å². The first-order chi connectivity index (χ1) is 10.2. The number of hydrogen-bond acceptors (Lipinski definition) is 2. The van der Waals surface area contributed by atoms with E-state index in [9.17, 15) is 0 Å². The minimum absolute atomic E-state index is 0.517. The average Bonchev–Trinajstić information content (AvgIpc) is 2.87. The third kappa shape index (κ3) is 3.33. The largest absolute Gasteiger partial charge is 0.316 e. The van der Waals surface area contributed by atoms with E-state index >= 15 is 0 Å². The van der Waals surface area contributed by atoms with E-state index in [1.54, 1.807) is 0 Å². The predicted octanol–water partition coefficient (Wildman–Crippen LogP) is 4.15. The van der Waals surface area contributed by atoms with E-state index in [0.29, 0.717) is 11.3 Å². The summed E-state index contributed by atoms with van der Waals surface area (Å²) in [7, 11) is 2.09. The summed E-state index contributed by atoms with van der Waals surface area (Å²) in [6.07, 6.45) is 2.28. The number of likely N-dealkylation sites (N-methyl/N-ethyl adjacent to an activating group) is 1. The van der Waals surface area contributed by atoms with Crippen LogP contribution in [0.2, 0.25) is 0 Å². The van der Waals surface area contributed by atoms with Crippen molar-refractivity contribution in [2.75, 3.05) is 7.05 Å². The minimum atomic E-state index is 0.517. The second kappa shape index (κ2) is 6.25. The number of thioether (sulfide) groups is 1. The van der Waals surface area contributed by atoms with Crippen LogP contribution in [0, 0.1) is 13.8 Å². The first kappa shape index (κ1) is 14.7. The Bertz CT molecular complexity index is 590. The third-order valence-corrected chi connectivity index (χ3v) is 5.68. The molecule has 21 heavy (non-hydrogen) atoms. The van der Waals surface area contributed by atoms with Crippen molar-refractivity contribution >= 4 is 11.8 Å². The molecular weight excluding hydrogens is 274 g/mol. The van der Waals surface area contributed by atoms with Gasteiger partial charge in [0.05, 0.1) is 0 Å². The number of aryl methyl sites for hydroxylation is 2. The summed E-state index contributed by atoms with van der Waals surface area (Å²) in [6.45, 7) is 4.37. The molecule has 110 valence electrons. The van der Waals surface area contributed by atoms with Crippen molar-refractivity contribution in [3.63, 3.8) is 0 Å². The molecule has 1 aliphatic rings. The van der Waals surface area contributed by atoms with Gasteiger partial charge in [0.15, 0.2) is 0 Å². The molecule has 2 unspecified atom stereocenters. The standard InChI is InChI=1S/C19H23NS/c1-13-8-14(2)10-15(9-13)11-17(20-3)19-12-16-6-4-5-7-18(16)21-19/h4-10,17,19-20H,11-12H2,1-3H3. The smallest absolute Gasteiger partial charge is 0.0292 e. The predicted molar refractivity (Wildman–Crippen MR) is 92.3 cm³/mol. The van der Waals surface area contributed by atoms with Crippen molar-refractivity contribution in [3.8, 4) is 0 Å². The monoisotopic (exact) mass is 297 g/mol. The van der Waals surface area contributed by atoms with Gasteiger partial charge in [-0.25, -0.2) is 0 Å². The van der Waals surface area contributed by atoms with Crippen LogP contribution in [0.25, 0.3) is 0 Å². The summed E-state index contributed by atoms with van der Waals surface area (Å²) < 4.78 is 0. The molecule has 0 spiro atoms. The maximum Gasteiger partial charge on any atom is 0.0292 e. The van der Waals surface area contributed by atoms with E-state index in [0.717, 1.165) is 6.42 Å². The van der Waals surface area contributed by atoms with E-state index in [4.69, 9.17) is 0 Å². The Hall–Kier alpha value is -1.25. The fourth-order valence-electron chi connectivity index (χ4n) is 3.29. The van der Waals surface area contributed by atoms with Crippen LogP contribution in [-0.2, 0) is 12.8 Å². The number of fused-ring (bicyclic) bond motifs is 1. The second-order valence-electron chi connectivity index (χ2n) is 6.06. The van der Waals surface area contributed by atoms with Gasteiger partial charge in [0.2, 0.25) is 0 Å². The van der Waals surface area contributed by atoms with Gasteiger partial charge >= 0.3 is 0 Å². The highest BCUT2D eigenvalue weighted by atomic mass is 32.2. The van der Waals surface area contributed by atoms with Gasteiger partial charge in [-0.2, -0.15) is 0 Å². The van der Waals surface area contributed by atoms with Crippen LogP contribution in [0.5, 0.6) is 0 Å². The van der Waals surface area contributed by atoms with Crippen LogP contribution in [0.4, 0.5) is 0 Å². The lowest BCUT2D eigenvalue weighted by Crippen LogP contribution is -2.37. The highest BCUT2D eigenvalue weighted by Gasteiger charge is 2.28. The minimum Gasteiger partial charge on any atom is -0.316 e. The molecule has 0 fully saturated rings. The number of hydrogen-bond donors (Lipinski definition) is 1. The van der Waals surface area contributed by atoms with Crippen LogP contribution < -0.4 is 5.32 Å². The van der Waals surface area contributed by atoms with Gasteiger partial charge in [0.1, 0.15) is 0 Å². The Morgan fingerprint density at radius 1 is 1.14 bits per heavy atom. The van der Waals surface area contributed by atoms with Crippen molar-refractivity contribution < 1.29 is 0 Å². The van der Waals surface area contributed by atoms with E-state index in [1.807, 2.05) is 11.8 Å². The molecule has 2 aromatic rings. The maximum atomic E-state index is 3.55. The van der Waals surface area contributed by atoms with Gasteiger partial charge in [0, 0.05) is 16.2 Å². The average molecular weight is 297 g/mol. The summed E-state index contributed by atoms with van der Waals surface area (Å²) >= 11 is 2.03. The molecule has 2 aromatic carbocycles. The Labute approximate surface area is 132 Å². The highest BCUT2D eigenvalue weighted by Crippen LogP contribution is 2.38. The molecule has 0 radical (unpaired) electrons. The normalized spacial score (nSPS) is 18.5. The molecular formula is C19H23NS. The molecule has 1 nitrogen and oxygen atoms in total. The number of benzene rings is 2. The topological polar surface area (TPSA) is 12.0 Å². The Balaban J connectivity index is 1.75. The van der Waals surface area contributed by atoms with Gasteiger partial charge in [0.25, 0.3) is 0 Å². The van der Waals surface area contributed by atoms with Crippen LogP contribution in [0.3, 0.4) is 0 Å². The third-order valence-electron chi connectivity index (χ3n) is 4.23. The number of rotatable bonds is 4. The molecule has 0 saturated carbocycles. The Morgan fingerprint density at radius 2 is 1.86 bits per heavy atom. The van der Waals surface area contributed by atoms with Gasteiger partial charge in [-0.05, 0) is 50.9 Å². The molecule has 0 bridgehead atoms. The lowest BCUT2D eigenvalue weighted by Gasteiger charge is -2.23. The van der Waals surface area contributed by atoms with Gasteiger partial charge in [-0.3, -0.25) is 0 Å². The summed E-state index contributed by atoms with van der Waals surface area (Å²) in [5, 5.41) is 4.18. The summed E-state index contributed by atoms with van der Waals surface area (Å²) in [5.74, 6) is 0. The molecule has 1 heterocycles. The van der Waals surface area contributed by atoms with Gasteiger partial charge in [-0.15, -0.1) is 11.8 Å². The van der Waals surface area contributed by atoms with E-state index in [2.05, 4.69) is 68.7 Å². The summed E-state index contributed by atoms with van der Waals surface area (Å²) in [4.78, 5) is 1.46. The zero-order chi connectivity index (χ0) is 14.8. The second-order valence-corrected chi connectivity index (χ2v) is 7.34. The maximum absolute atomic E-state index is 3.55. The lowest BCUT2D eigenvalue weighted by molar-refractivity contribution is 0.537. The Morgan fingerprint density at radius 3 is 2.52 bits per heavy atom. The molecule has 0 amide bonds. The van der Waals surface area contributed by atoms with Crippen molar-refractivity contribution in [2.24, 2.45) is 0 Å². The van der Waals surface area contributed by atoms with Gasteiger partial charge < -0.3 is 5.32 Å². The zero-order valence-electron chi connectivity index (χ0n) is 13.0. The van der Waals surface area contributed by atoms with Gasteiger partial charge in [-0.1, -0.05) is 47.5 Å². The van der Waals surface area contributed by atoms with E-state index < -0.39 is 0 Å². The van der Waals surface area contributed by atoms with Crippen LogP contribution in [0.15, 0.2) is 47.4 Å². The first-order valence-corrected chi connectivity index (χ1v) is 8.52. The number of nitrogens with one attached hydrogen (secondary N) is 1. The molecule has 2 atom stereocenters. The van der Waals surface area contributed by atoms with Crippen molar-refractivity contribution in [2.45, 2.75) is 42.9 Å². The fraction of sp³-hybridized carbons (Fsp3) is 0.368. The molecule has 3 rings (SSSR count). The molecule has 1 aliphatic heterocycles. The summed E-state index contributed by atoms with van der Waals surface area (Å²) in [6, 6.07) is 16.2. The first-order valence-electron chi connectivity index (χ1n) is 7.64. The summed E-state index contributed by atoms with van der Waals surface area (Å²) in [5.41, 5.74) is 5.68. The van der Waals surface area contributed by atoms with Crippen LogP contribution in [0.1, 0.15) is 22.3 Å². The Kier molecular flexibility index (Phi) is 4.37. The fourth-order valence-corrected chi connectivity index (χ4v) is 4.74. The zero-order valence-corrected chi connectivity index (χ0v) is 13.8. The van der Waals surface area contributed by atoms with Crippen LogP contribution in [-0.4, -0.2) is 18.3 Å². The van der Waals surface area contributed by atoms with Crippen LogP contribution >= 0.6 is 11.8 Å². The van der Waals surface area contributed by atoms with Crippen molar-refractivity contribution in [1.82, 2.24) is 5.32 Å². The van der Waals surface area contributed by atoms with Crippen molar-refractivity contribution in [1.29, 1.82) is 0 Å². The molecule has 0 saturated heterocycles. The SMILES string of the molecule is CNC(Cc1cc(C)cc(C)c1)C1Cc2ccccc2S1. The highest BCUT2D eigenvalue weighted by molar-refractivity contribution is 8.00.